The summed E-state index contributed by atoms with van der Waals surface area (Å²) in [5.74, 6) is 1.82. The molecule has 3 nitrogen and oxygen atoms in total. The maximum absolute atomic E-state index is 12.6. The summed E-state index contributed by atoms with van der Waals surface area (Å²) in [6.45, 7) is 2.07. The summed E-state index contributed by atoms with van der Waals surface area (Å²) < 4.78 is 0. The van der Waals surface area contributed by atoms with Gasteiger partial charge < -0.3 is 5.32 Å². The number of carbonyl (C=O) groups is 1. The molecular formula is C20H22N2O. The molecule has 0 aliphatic heterocycles. The molecular weight excluding hydrogens is 284 g/mol. The Kier molecular flexibility index (Phi) is 3.64. The number of pyridine rings is 1. The molecule has 0 saturated heterocycles. The summed E-state index contributed by atoms with van der Waals surface area (Å²) in [6.07, 6.45) is 6.69. The van der Waals surface area contributed by atoms with E-state index in [0.29, 0.717) is 5.92 Å². The molecule has 3 atom stereocenters. The summed E-state index contributed by atoms with van der Waals surface area (Å²) in [5.41, 5.74) is 4.07. The molecule has 2 fully saturated rings. The second-order valence-corrected chi connectivity index (χ2v) is 7.02. The monoisotopic (exact) mass is 306 g/mol. The van der Waals surface area contributed by atoms with E-state index < -0.39 is 0 Å². The molecule has 1 heterocycles. The van der Waals surface area contributed by atoms with Crippen LogP contribution in [-0.2, 0) is 4.79 Å². The normalized spacial score (nSPS) is 25.5. The molecule has 2 saturated carbocycles. The molecule has 23 heavy (non-hydrogen) atoms. The predicted molar refractivity (Wildman–Crippen MR) is 92.0 cm³/mol. The first kappa shape index (κ1) is 14.4. The standard InChI is InChI=1S/C20H22N2O/c1-13-5-8-16(12-17(13)19-4-2-3-9-21-19)22-20(23)18-11-14-6-7-15(18)10-14/h2-5,8-9,12,14-15,18H,6-7,10-11H2,1H3,(H,22,23)/t14?,15-,18?/m0/s1. The van der Waals surface area contributed by atoms with Crippen molar-refractivity contribution >= 4 is 11.6 Å². The van der Waals surface area contributed by atoms with E-state index in [2.05, 4.69) is 23.3 Å². The fourth-order valence-corrected chi connectivity index (χ4v) is 4.30. The largest absolute Gasteiger partial charge is 0.326 e. The van der Waals surface area contributed by atoms with E-state index >= 15 is 0 Å². The van der Waals surface area contributed by atoms with Gasteiger partial charge in [-0.05, 0) is 67.9 Å². The number of anilines is 1. The maximum Gasteiger partial charge on any atom is 0.227 e. The molecule has 2 aliphatic carbocycles. The number of aryl methyl sites for hydroxylation is 1. The van der Waals surface area contributed by atoms with Crippen molar-refractivity contribution in [2.24, 2.45) is 17.8 Å². The van der Waals surface area contributed by atoms with Gasteiger partial charge in [0.25, 0.3) is 0 Å². The third-order valence-corrected chi connectivity index (χ3v) is 5.52. The van der Waals surface area contributed by atoms with Crippen LogP contribution in [-0.4, -0.2) is 10.9 Å². The van der Waals surface area contributed by atoms with Crippen LogP contribution in [0.15, 0.2) is 42.6 Å². The Hall–Kier alpha value is -2.16. The molecule has 1 N–H and O–H groups in total. The molecule has 0 spiro atoms. The van der Waals surface area contributed by atoms with Crippen molar-refractivity contribution in [3.05, 3.63) is 48.2 Å². The molecule has 1 aromatic carbocycles. The van der Waals surface area contributed by atoms with Gasteiger partial charge in [-0.3, -0.25) is 9.78 Å². The van der Waals surface area contributed by atoms with Gasteiger partial charge >= 0.3 is 0 Å². The Bertz CT molecular complexity index is 726. The molecule has 3 heteroatoms. The number of hydrogen-bond donors (Lipinski definition) is 1. The molecule has 2 aliphatic rings. The van der Waals surface area contributed by atoms with E-state index in [4.69, 9.17) is 0 Å². The van der Waals surface area contributed by atoms with E-state index in [9.17, 15) is 4.79 Å². The van der Waals surface area contributed by atoms with Crippen LogP contribution in [0, 0.1) is 24.7 Å². The van der Waals surface area contributed by atoms with Gasteiger partial charge in [-0.1, -0.05) is 18.6 Å². The topological polar surface area (TPSA) is 42.0 Å². The quantitative estimate of drug-likeness (QED) is 0.911. The predicted octanol–water partition coefficient (Wildman–Crippen LogP) is 4.43. The number of amides is 1. The molecule has 1 amide bonds. The Morgan fingerprint density at radius 2 is 2.09 bits per heavy atom. The van der Waals surface area contributed by atoms with Gasteiger partial charge in [0.2, 0.25) is 5.91 Å². The summed E-state index contributed by atoms with van der Waals surface area (Å²) in [5, 5.41) is 3.14. The van der Waals surface area contributed by atoms with E-state index in [1.54, 1.807) is 6.20 Å². The van der Waals surface area contributed by atoms with Crippen LogP contribution in [0.25, 0.3) is 11.3 Å². The highest BCUT2D eigenvalue weighted by atomic mass is 16.1. The number of fused-ring (bicyclic) bond motifs is 2. The Labute approximate surface area is 137 Å². The number of carbonyl (C=O) groups excluding carboxylic acids is 1. The van der Waals surface area contributed by atoms with Crippen molar-refractivity contribution in [3.63, 3.8) is 0 Å². The first-order valence-electron chi connectivity index (χ1n) is 8.53. The lowest BCUT2D eigenvalue weighted by Crippen LogP contribution is -2.27. The van der Waals surface area contributed by atoms with Crippen molar-refractivity contribution < 1.29 is 4.79 Å². The first-order chi connectivity index (χ1) is 11.2. The van der Waals surface area contributed by atoms with E-state index in [-0.39, 0.29) is 11.8 Å². The molecule has 1 aromatic heterocycles. The van der Waals surface area contributed by atoms with Crippen LogP contribution >= 0.6 is 0 Å². The molecule has 2 aromatic rings. The smallest absolute Gasteiger partial charge is 0.227 e. The number of rotatable bonds is 3. The van der Waals surface area contributed by atoms with Gasteiger partial charge in [-0.25, -0.2) is 0 Å². The Balaban J connectivity index is 1.54. The lowest BCUT2D eigenvalue weighted by Gasteiger charge is -2.21. The van der Waals surface area contributed by atoms with Gasteiger partial charge in [0.1, 0.15) is 0 Å². The van der Waals surface area contributed by atoms with Crippen LogP contribution in [0.1, 0.15) is 31.2 Å². The van der Waals surface area contributed by atoms with Gasteiger partial charge in [0.05, 0.1) is 5.69 Å². The summed E-state index contributed by atoms with van der Waals surface area (Å²) in [4.78, 5) is 17.0. The minimum Gasteiger partial charge on any atom is -0.326 e. The maximum atomic E-state index is 12.6. The van der Waals surface area contributed by atoms with Crippen LogP contribution in [0.4, 0.5) is 5.69 Å². The average Bonchev–Trinajstić information content (AvgIpc) is 3.20. The van der Waals surface area contributed by atoms with Crippen molar-refractivity contribution in [2.75, 3.05) is 5.32 Å². The highest BCUT2D eigenvalue weighted by molar-refractivity contribution is 5.93. The Morgan fingerprint density at radius 1 is 1.17 bits per heavy atom. The van der Waals surface area contributed by atoms with Gasteiger partial charge in [-0.2, -0.15) is 0 Å². The zero-order chi connectivity index (χ0) is 15.8. The molecule has 118 valence electrons. The zero-order valence-electron chi connectivity index (χ0n) is 13.5. The minimum absolute atomic E-state index is 0.202. The third kappa shape index (κ3) is 2.76. The average molecular weight is 306 g/mol. The van der Waals surface area contributed by atoms with Gasteiger partial charge in [0.15, 0.2) is 0 Å². The number of aromatic nitrogens is 1. The van der Waals surface area contributed by atoms with Crippen LogP contribution in [0.3, 0.4) is 0 Å². The number of hydrogen-bond acceptors (Lipinski definition) is 2. The van der Waals surface area contributed by atoms with Gasteiger partial charge in [-0.15, -0.1) is 0 Å². The summed E-state index contributed by atoms with van der Waals surface area (Å²) in [6, 6.07) is 12.0. The molecule has 0 radical (unpaired) electrons. The van der Waals surface area contributed by atoms with Crippen molar-refractivity contribution in [1.29, 1.82) is 0 Å². The zero-order valence-corrected chi connectivity index (χ0v) is 13.5. The number of benzene rings is 1. The fourth-order valence-electron chi connectivity index (χ4n) is 4.30. The SMILES string of the molecule is Cc1ccc(NC(=O)C2CC3CC[C@H]2C3)cc1-c1ccccn1. The first-order valence-corrected chi connectivity index (χ1v) is 8.53. The molecule has 4 rings (SSSR count). The highest BCUT2D eigenvalue weighted by Crippen LogP contribution is 2.48. The van der Waals surface area contributed by atoms with E-state index in [0.717, 1.165) is 29.3 Å². The highest BCUT2D eigenvalue weighted by Gasteiger charge is 2.42. The Morgan fingerprint density at radius 3 is 2.78 bits per heavy atom. The van der Waals surface area contributed by atoms with E-state index in [1.165, 1.54) is 24.8 Å². The molecule has 2 unspecified atom stereocenters. The summed E-state index contributed by atoms with van der Waals surface area (Å²) in [7, 11) is 0. The number of nitrogens with one attached hydrogen (secondary N) is 1. The minimum atomic E-state index is 0.202. The van der Waals surface area contributed by atoms with Gasteiger partial charge in [0, 0.05) is 23.4 Å². The van der Waals surface area contributed by atoms with Crippen molar-refractivity contribution in [1.82, 2.24) is 4.98 Å². The molecule has 2 bridgehead atoms. The van der Waals surface area contributed by atoms with Crippen LogP contribution in [0.2, 0.25) is 0 Å². The van der Waals surface area contributed by atoms with Crippen LogP contribution < -0.4 is 5.32 Å². The second-order valence-electron chi connectivity index (χ2n) is 7.02. The fraction of sp³-hybridized carbons (Fsp3) is 0.400. The lowest BCUT2D eigenvalue weighted by molar-refractivity contribution is -0.121. The second kappa shape index (κ2) is 5.80. The van der Waals surface area contributed by atoms with Crippen LogP contribution in [0.5, 0.6) is 0 Å². The van der Waals surface area contributed by atoms with E-state index in [1.807, 2.05) is 30.3 Å². The lowest BCUT2D eigenvalue weighted by atomic mass is 9.88. The van der Waals surface area contributed by atoms with Crippen molar-refractivity contribution in [2.45, 2.75) is 32.6 Å². The summed E-state index contributed by atoms with van der Waals surface area (Å²) >= 11 is 0. The van der Waals surface area contributed by atoms with Crippen molar-refractivity contribution in [3.8, 4) is 11.3 Å². The number of nitrogens with zero attached hydrogens (tertiary/aromatic N) is 1. The third-order valence-electron chi connectivity index (χ3n) is 5.52.